The van der Waals surface area contributed by atoms with Crippen LogP contribution in [0.2, 0.25) is 0 Å². The van der Waals surface area contributed by atoms with Crippen molar-refractivity contribution in [1.29, 1.82) is 0 Å². The smallest absolute Gasteiger partial charge is 0.246 e. The van der Waals surface area contributed by atoms with E-state index in [9.17, 15) is 18.0 Å². The summed E-state index contributed by atoms with van der Waals surface area (Å²) in [6.45, 7) is 5.44. The van der Waals surface area contributed by atoms with Gasteiger partial charge in [0, 0.05) is 50.2 Å². The van der Waals surface area contributed by atoms with Crippen molar-refractivity contribution < 1.29 is 22.7 Å². The van der Waals surface area contributed by atoms with Gasteiger partial charge in [-0.15, -0.1) is 0 Å². The monoisotopic (exact) mass is 612 g/mol. The minimum atomic E-state index is -3.35. The van der Waals surface area contributed by atoms with Gasteiger partial charge in [-0.1, -0.05) is 17.8 Å². The molecule has 2 atom stereocenters. The first-order valence-corrected chi connectivity index (χ1v) is 16.7. The van der Waals surface area contributed by atoms with E-state index in [4.69, 9.17) is 9.73 Å². The first-order valence-electron chi connectivity index (χ1n) is 14.2. The molecule has 3 saturated heterocycles. The van der Waals surface area contributed by atoms with Crippen LogP contribution in [0.15, 0.2) is 65.9 Å². The van der Waals surface area contributed by atoms with Crippen molar-refractivity contribution in [2.75, 3.05) is 43.5 Å². The number of carbonyl (C=O) groups excluding carboxylic acids is 2. The Hall–Kier alpha value is -3.26. The highest BCUT2D eigenvalue weighted by molar-refractivity contribution is 8.15. The number of benzene rings is 1. The molecule has 0 aliphatic carbocycles. The number of morpholine rings is 1. The molecule has 3 fully saturated rings. The van der Waals surface area contributed by atoms with Crippen molar-refractivity contribution in [1.82, 2.24) is 19.5 Å². The van der Waals surface area contributed by atoms with Crippen molar-refractivity contribution >= 4 is 50.1 Å². The molecule has 2 amide bonds. The summed E-state index contributed by atoms with van der Waals surface area (Å²) in [7, 11) is -3.35. The molecule has 1 aromatic carbocycles. The van der Waals surface area contributed by atoms with Crippen LogP contribution >= 0.6 is 11.8 Å². The lowest BCUT2D eigenvalue weighted by Crippen LogP contribution is -2.39. The first-order chi connectivity index (χ1) is 20.3. The third-order valence-electron chi connectivity index (χ3n) is 7.45. The molecule has 0 bridgehead atoms. The van der Waals surface area contributed by atoms with E-state index in [1.165, 1.54) is 22.3 Å². The van der Waals surface area contributed by atoms with Crippen LogP contribution in [-0.4, -0.2) is 89.5 Å². The number of pyridine rings is 1. The lowest BCUT2D eigenvalue weighted by Gasteiger charge is -2.28. The van der Waals surface area contributed by atoms with Crippen molar-refractivity contribution in [3.63, 3.8) is 0 Å². The molecule has 11 nitrogen and oxygen atoms in total. The van der Waals surface area contributed by atoms with Crippen LogP contribution in [0.5, 0.6) is 0 Å². The van der Waals surface area contributed by atoms with Gasteiger partial charge < -0.3 is 15.0 Å². The Bertz CT molecular complexity index is 1410. The highest BCUT2D eigenvalue weighted by Gasteiger charge is 2.37. The van der Waals surface area contributed by atoms with Crippen LogP contribution in [0.25, 0.3) is 0 Å². The molecule has 1 N–H and O–H groups in total. The van der Waals surface area contributed by atoms with Crippen molar-refractivity contribution in [3.8, 4) is 0 Å². The predicted molar refractivity (Wildman–Crippen MR) is 164 cm³/mol. The third kappa shape index (κ3) is 7.38. The summed E-state index contributed by atoms with van der Waals surface area (Å²) in [5.74, 6) is -0.427. The van der Waals surface area contributed by atoms with Gasteiger partial charge in [0.05, 0.1) is 36.9 Å². The Morgan fingerprint density at radius 1 is 1.17 bits per heavy atom. The molecule has 4 heterocycles. The molecule has 13 heteroatoms. The number of sulfonamides is 1. The molecule has 1 aromatic heterocycles. The standard InChI is InChI=1S/C29H36N6O5S2/c1-2-42(38,39)35-15-5-7-25(35)20-27(36)31-14-12-26-28(37)34(21-23-6-3-4-13-30-23)29(41-26)32-22-8-10-24(11-9-22)33-16-18-40-19-17-33/h3-4,6,8-14,25-26H,2,5,7,15-21H2,1H3,(H,31,36)/b14-12+,32-29?/t25-,26?/m0/s1. The van der Waals surface area contributed by atoms with E-state index in [0.717, 1.165) is 36.6 Å². The molecule has 3 aliphatic rings. The maximum absolute atomic E-state index is 13.5. The van der Waals surface area contributed by atoms with Gasteiger partial charge in [-0.05, 0) is 62.2 Å². The van der Waals surface area contributed by atoms with E-state index >= 15 is 0 Å². The van der Waals surface area contributed by atoms with Crippen LogP contribution < -0.4 is 10.2 Å². The van der Waals surface area contributed by atoms with E-state index in [1.807, 2.05) is 42.5 Å². The Morgan fingerprint density at radius 2 is 1.95 bits per heavy atom. The second-order valence-corrected chi connectivity index (χ2v) is 13.6. The zero-order valence-corrected chi connectivity index (χ0v) is 25.2. The minimum Gasteiger partial charge on any atom is -0.378 e. The van der Waals surface area contributed by atoms with Gasteiger partial charge in [0.2, 0.25) is 21.8 Å². The van der Waals surface area contributed by atoms with Crippen LogP contribution in [0.1, 0.15) is 31.9 Å². The van der Waals surface area contributed by atoms with Gasteiger partial charge >= 0.3 is 0 Å². The quantitative estimate of drug-likeness (QED) is 0.435. The van der Waals surface area contributed by atoms with E-state index in [2.05, 4.69) is 15.2 Å². The molecule has 0 spiro atoms. The second-order valence-electron chi connectivity index (χ2n) is 10.2. The highest BCUT2D eigenvalue weighted by Crippen LogP contribution is 2.32. The Kier molecular flexibility index (Phi) is 9.93. The molecule has 0 radical (unpaired) electrons. The summed E-state index contributed by atoms with van der Waals surface area (Å²) in [4.78, 5) is 39.2. The third-order valence-corrected chi connectivity index (χ3v) is 10.5. The SMILES string of the molecule is CCS(=O)(=O)N1CCC[C@H]1CC(=O)N/C=C/C1SC(=Nc2ccc(N3CCOCC3)cc2)N(Cc2ccccn2)C1=O. The Balaban J connectivity index is 1.26. The molecular formula is C29H36N6O5S2. The summed E-state index contributed by atoms with van der Waals surface area (Å²) in [5, 5.41) is 2.70. The van der Waals surface area contributed by atoms with Gasteiger partial charge in [-0.3, -0.25) is 19.5 Å². The Morgan fingerprint density at radius 3 is 2.67 bits per heavy atom. The number of rotatable bonds is 10. The summed E-state index contributed by atoms with van der Waals surface area (Å²) < 4.78 is 31.6. The van der Waals surface area contributed by atoms with Gasteiger partial charge in [-0.2, -0.15) is 4.31 Å². The Labute approximate surface area is 251 Å². The molecule has 224 valence electrons. The van der Waals surface area contributed by atoms with Crippen molar-refractivity contribution in [3.05, 3.63) is 66.6 Å². The first kappa shape index (κ1) is 30.2. The number of hydrogen-bond acceptors (Lipinski definition) is 9. The molecule has 5 rings (SSSR count). The molecule has 42 heavy (non-hydrogen) atoms. The number of aliphatic imine (C=N–C) groups is 1. The lowest BCUT2D eigenvalue weighted by atomic mass is 10.1. The normalized spacial score (nSPS) is 22.9. The topological polar surface area (TPSA) is 125 Å². The van der Waals surface area contributed by atoms with E-state index < -0.39 is 15.3 Å². The molecular weight excluding hydrogens is 576 g/mol. The van der Waals surface area contributed by atoms with Crippen LogP contribution in [-0.2, 0) is 30.9 Å². The number of ether oxygens (including phenoxy) is 1. The number of amides is 2. The average molecular weight is 613 g/mol. The number of amidine groups is 1. The lowest BCUT2D eigenvalue weighted by molar-refractivity contribution is -0.126. The average Bonchev–Trinajstić information content (AvgIpc) is 3.59. The number of nitrogens with one attached hydrogen (secondary N) is 1. The summed E-state index contributed by atoms with van der Waals surface area (Å²) in [5.41, 5.74) is 2.57. The van der Waals surface area contributed by atoms with Crippen LogP contribution in [0.3, 0.4) is 0 Å². The zero-order chi connectivity index (χ0) is 29.5. The van der Waals surface area contributed by atoms with Gasteiger partial charge in [0.15, 0.2) is 5.17 Å². The van der Waals surface area contributed by atoms with E-state index in [1.54, 1.807) is 24.1 Å². The number of hydrogen-bond donors (Lipinski definition) is 1. The molecule has 3 aliphatic heterocycles. The summed E-state index contributed by atoms with van der Waals surface area (Å²) in [6, 6.07) is 13.2. The van der Waals surface area contributed by atoms with E-state index in [0.29, 0.717) is 31.3 Å². The van der Waals surface area contributed by atoms with E-state index in [-0.39, 0.29) is 36.6 Å². The van der Waals surface area contributed by atoms with Gasteiger partial charge in [-0.25, -0.2) is 13.4 Å². The summed E-state index contributed by atoms with van der Waals surface area (Å²) >= 11 is 1.31. The molecule has 2 aromatic rings. The van der Waals surface area contributed by atoms with Crippen LogP contribution in [0.4, 0.5) is 11.4 Å². The fourth-order valence-corrected chi connectivity index (χ4v) is 7.62. The maximum atomic E-state index is 13.5. The summed E-state index contributed by atoms with van der Waals surface area (Å²) in [6.07, 6.45) is 6.29. The molecule has 1 unspecified atom stereocenters. The van der Waals surface area contributed by atoms with Crippen molar-refractivity contribution in [2.24, 2.45) is 4.99 Å². The number of thioether (sulfide) groups is 1. The fraction of sp³-hybridized carbons (Fsp3) is 0.448. The zero-order valence-electron chi connectivity index (χ0n) is 23.6. The second kappa shape index (κ2) is 13.8. The predicted octanol–water partition coefficient (Wildman–Crippen LogP) is 2.88. The minimum absolute atomic E-state index is 0.0168. The number of aromatic nitrogens is 1. The molecule has 0 saturated carbocycles. The van der Waals surface area contributed by atoms with Crippen molar-refractivity contribution in [2.45, 2.75) is 44.0 Å². The number of anilines is 1. The highest BCUT2D eigenvalue weighted by atomic mass is 32.2. The largest absolute Gasteiger partial charge is 0.378 e. The van der Waals surface area contributed by atoms with Gasteiger partial charge in [0.1, 0.15) is 5.25 Å². The fourth-order valence-electron chi connectivity index (χ4n) is 5.20. The van der Waals surface area contributed by atoms with Crippen LogP contribution in [0, 0.1) is 0 Å². The van der Waals surface area contributed by atoms with Gasteiger partial charge in [0.25, 0.3) is 0 Å². The number of nitrogens with zero attached hydrogens (tertiary/aromatic N) is 5. The number of carbonyl (C=O) groups is 2. The maximum Gasteiger partial charge on any atom is 0.246 e.